The standard InChI is InChI=1S/C24H49N3O6/c1-8-24(18-31-15-21(28)25(9-2)10-3,19-32-16-22(29)26(11-4)12-5)20-33-17-23(30)27(13-6)14-7/h21,28H,8-20H2,1-7H3. The molecule has 0 aliphatic rings. The average molecular weight is 476 g/mol. The largest absolute Gasteiger partial charge is 0.377 e. The van der Waals surface area contributed by atoms with Crippen molar-refractivity contribution in [3.8, 4) is 0 Å². The molecule has 0 spiro atoms. The van der Waals surface area contributed by atoms with Crippen molar-refractivity contribution in [3.05, 3.63) is 0 Å². The molecule has 1 atom stereocenters. The molecule has 196 valence electrons. The number of ether oxygens (including phenoxy) is 3. The van der Waals surface area contributed by atoms with Crippen molar-refractivity contribution in [2.45, 2.75) is 61.1 Å². The molecule has 0 aromatic heterocycles. The van der Waals surface area contributed by atoms with E-state index in [1.165, 1.54) is 0 Å². The molecule has 33 heavy (non-hydrogen) atoms. The zero-order chi connectivity index (χ0) is 25.3. The fourth-order valence-electron chi connectivity index (χ4n) is 3.61. The summed E-state index contributed by atoms with van der Waals surface area (Å²) >= 11 is 0. The van der Waals surface area contributed by atoms with Crippen LogP contribution in [0.3, 0.4) is 0 Å². The number of likely N-dealkylation sites (N-methyl/N-ethyl adjacent to an activating group) is 3. The summed E-state index contributed by atoms with van der Waals surface area (Å²) in [6.45, 7) is 18.7. The summed E-state index contributed by atoms with van der Waals surface area (Å²) in [7, 11) is 0. The number of carbonyl (C=O) groups is 2. The van der Waals surface area contributed by atoms with E-state index in [9.17, 15) is 14.7 Å². The molecular weight excluding hydrogens is 426 g/mol. The molecule has 0 saturated heterocycles. The van der Waals surface area contributed by atoms with Gasteiger partial charge in [0.05, 0.1) is 26.4 Å². The highest BCUT2D eigenvalue weighted by Crippen LogP contribution is 2.24. The SMILES string of the molecule is CCN(CC)C(=O)COCC(CC)(COCC(=O)N(CC)CC)COCC(O)N(CC)CC. The molecule has 0 aromatic carbocycles. The number of hydrogen-bond acceptors (Lipinski definition) is 7. The minimum atomic E-state index is -0.690. The minimum Gasteiger partial charge on any atom is -0.377 e. The minimum absolute atomic E-state index is 0.0100. The molecule has 1 unspecified atom stereocenters. The lowest BCUT2D eigenvalue weighted by Gasteiger charge is -2.33. The fraction of sp³-hybridized carbons (Fsp3) is 0.917. The molecule has 0 rings (SSSR count). The smallest absolute Gasteiger partial charge is 0.248 e. The predicted molar refractivity (Wildman–Crippen MR) is 130 cm³/mol. The summed E-state index contributed by atoms with van der Waals surface area (Å²) in [5, 5.41) is 10.3. The van der Waals surface area contributed by atoms with Crippen LogP contribution in [-0.4, -0.2) is 117 Å². The van der Waals surface area contributed by atoms with Crippen LogP contribution in [0.2, 0.25) is 0 Å². The summed E-state index contributed by atoms with van der Waals surface area (Å²) in [5.41, 5.74) is -0.532. The monoisotopic (exact) mass is 475 g/mol. The lowest BCUT2D eigenvalue weighted by atomic mass is 9.88. The third kappa shape index (κ3) is 11.6. The van der Waals surface area contributed by atoms with Crippen LogP contribution in [0.25, 0.3) is 0 Å². The molecule has 2 amide bonds. The molecule has 0 radical (unpaired) electrons. The Labute approximate surface area is 201 Å². The van der Waals surface area contributed by atoms with Crippen LogP contribution in [0.5, 0.6) is 0 Å². The average Bonchev–Trinajstić information content (AvgIpc) is 2.81. The van der Waals surface area contributed by atoms with Crippen molar-refractivity contribution < 1.29 is 28.9 Å². The van der Waals surface area contributed by atoms with Crippen molar-refractivity contribution in [2.75, 3.05) is 78.9 Å². The number of carbonyl (C=O) groups excluding carboxylic acids is 2. The van der Waals surface area contributed by atoms with Gasteiger partial charge < -0.3 is 29.1 Å². The van der Waals surface area contributed by atoms with E-state index < -0.39 is 11.6 Å². The molecule has 0 aromatic rings. The van der Waals surface area contributed by atoms with Crippen LogP contribution < -0.4 is 0 Å². The Hall–Kier alpha value is -1.26. The first-order valence-electron chi connectivity index (χ1n) is 12.5. The zero-order valence-electron chi connectivity index (χ0n) is 22.1. The lowest BCUT2D eigenvalue weighted by molar-refractivity contribution is -0.144. The molecule has 9 heteroatoms. The summed E-state index contributed by atoms with van der Waals surface area (Å²) < 4.78 is 17.5. The third-order valence-electron chi connectivity index (χ3n) is 6.16. The van der Waals surface area contributed by atoms with Gasteiger partial charge in [0.2, 0.25) is 11.8 Å². The molecule has 9 nitrogen and oxygen atoms in total. The Morgan fingerprint density at radius 3 is 1.42 bits per heavy atom. The van der Waals surface area contributed by atoms with Gasteiger partial charge in [0.1, 0.15) is 19.4 Å². The van der Waals surface area contributed by atoms with Crippen molar-refractivity contribution in [3.63, 3.8) is 0 Å². The maximum Gasteiger partial charge on any atom is 0.248 e. The Kier molecular flexibility index (Phi) is 17.4. The van der Waals surface area contributed by atoms with Gasteiger partial charge in [-0.15, -0.1) is 0 Å². The first kappa shape index (κ1) is 31.7. The second-order valence-corrected chi connectivity index (χ2v) is 8.19. The van der Waals surface area contributed by atoms with E-state index in [0.717, 1.165) is 13.1 Å². The van der Waals surface area contributed by atoms with Crippen LogP contribution >= 0.6 is 0 Å². The highest BCUT2D eigenvalue weighted by molar-refractivity contribution is 5.77. The van der Waals surface area contributed by atoms with Gasteiger partial charge in [0, 0.05) is 31.6 Å². The van der Waals surface area contributed by atoms with Crippen molar-refractivity contribution in [2.24, 2.45) is 5.41 Å². The van der Waals surface area contributed by atoms with Gasteiger partial charge in [0.15, 0.2) is 0 Å². The van der Waals surface area contributed by atoms with Gasteiger partial charge in [-0.1, -0.05) is 20.8 Å². The quantitative estimate of drug-likeness (QED) is 0.269. The molecule has 0 aliphatic carbocycles. The van der Waals surface area contributed by atoms with Crippen LogP contribution in [0.4, 0.5) is 0 Å². The third-order valence-corrected chi connectivity index (χ3v) is 6.16. The lowest BCUT2D eigenvalue weighted by Crippen LogP contribution is -2.43. The number of rotatable bonds is 20. The summed E-state index contributed by atoms with van der Waals surface area (Å²) in [6.07, 6.45) is -0.0160. The normalized spacial score (nSPS) is 12.8. The summed E-state index contributed by atoms with van der Waals surface area (Å²) in [6, 6.07) is 0. The van der Waals surface area contributed by atoms with Gasteiger partial charge in [-0.25, -0.2) is 0 Å². The molecular formula is C24H49N3O6. The van der Waals surface area contributed by atoms with Crippen LogP contribution in [0.1, 0.15) is 54.9 Å². The molecule has 1 N–H and O–H groups in total. The number of nitrogens with zero attached hydrogens (tertiary/aromatic N) is 3. The highest BCUT2D eigenvalue weighted by Gasteiger charge is 2.31. The van der Waals surface area contributed by atoms with E-state index in [1.54, 1.807) is 9.80 Å². The molecule has 0 aliphatic heterocycles. The fourth-order valence-corrected chi connectivity index (χ4v) is 3.61. The van der Waals surface area contributed by atoms with Crippen molar-refractivity contribution in [1.82, 2.24) is 14.7 Å². The zero-order valence-corrected chi connectivity index (χ0v) is 22.1. The molecule has 0 bridgehead atoms. The molecule has 0 fully saturated rings. The van der Waals surface area contributed by atoms with Crippen LogP contribution in [-0.2, 0) is 23.8 Å². The van der Waals surface area contributed by atoms with E-state index in [0.29, 0.717) is 39.2 Å². The number of aliphatic hydroxyl groups is 1. The summed E-state index contributed by atoms with van der Waals surface area (Å²) in [5.74, 6) is -0.110. The van der Waals surface area contributed by atoms with E-state index in [1.807, 2.05) is 53.4 Å². The number of amides is 2. The highest BCUT2D eigenvalue weighted by atomic mass is 16.5. The van der Waals surface area contributed by atoms with Gasteiger partial charge in [-0.05, 0) is 47.2 Å². The summed E-state index contributed by atoms with van der Waals surface area (Å²) in [4.78, 5) is 30.0. The van der Waals surface area contributed by atoms with Crippen molar-refractivity contribution >= 4 is 11.8 Å². The van der Waals surface area contributed by atoms with E-state index in [-0.39, 0.29) is 44.8 Å². The van der Waals surface area contributed by atoms with E-state index >= 15 is 0 Å². The topological polar surface area (TPSA) is 91.8 Å². The Morgan fingerprint density at radius 2 is 1.09 bits per heavy atom. The van der Waals surface area contributed by atoms with Gasteiger partial charge in [-0.3, -0.25) is 14.5 Å². The number of aliphatic hydroxyl groups excluding tert-OH is 1. The van der Waals surface area contributed by atoms with E-state index in [2.05, 4.69) is 0 Å². The number of hydrogen-bond donors (Lipinski definition) is 1. The van der Waals surface area contributed by atoms with Crippen molar-refractivity contribution in [1.29, 1.82) is 0 Å². The van der Waals surface area contributed by atoms with Crippen LogP contribution in [0, 0.1) is 5.41 Å². The van der Waals surface area contributed by atoms with Crippen LogP contribution in [0.15, 0.2) is 0 Å². The second kappa shape index (κ2) is 18.1. The van der Waals surface area contributed by atoms with Gasteiger partial charge in [-0.2, -0.15) is 0 Å². The maximum absolute atomic E-state index is 12.3. The Bertz CT molecular complexity index is 492. The second-order valence-electron chi connectivity index (χ2n) is 8.19. The first-order valence-corrected chi connectivity index (χ1v) is 12.5. The molecule has 0 heterocycles. The maximum atomic E-state index is 12.3. The van der Waals surface area contributed by atoms with Gasteiger partial charge in [0.25, 0.3) is 0 Å². The Morgan fingerprint density at radius 1 is 0.697 bits per heavy atom. The molecule has 0 saturated carbocycles. The van der Waals surface area contributed by atoms with E-state index in [4.69, 9.17) is 14.2 Å². The van der Waals surface area contributed by atoms with Gasteiger partial charge >= 0.3 is 0 Å². The Balaban J connectivity index is 5.08. The first-order chi connectivity index (χ1) is 15.8. The predicted octanol–water partition coefficient (Wildman–Crippen LogP) is 1.83.